The Balaban J connectivity index is 2.41. The van der Waals surface area contributed by atoms with Crippen molar-refractivity contribution in [3.05, 3.63) is 64.2 Å². The van der Waals surface area contributed by atoms with Crippen LogP contribution in [0.2, 0.25) is 5.02 Å². The van der Waals surface area contributed by atoms with Gasteiger partial charge in [0.2, 0.25) is 0 Å². The second-order valence-electron chi connectivity index (χ2n) is 4.13. The molecule has 0 aliphatic heterocycles. The average molecular weight is 263 g/mol. The summed E-state index contributed by atoms with van der Waals surface area (Å²) in [7, 11) is 1.61. The summed E-state index contributed by atoms with van der Waals surface area (Å²) in [4.78, 5) is 0. The predicted octanol–water partition coefficient (Wildman–Crippen LogP) is 3.74. The highest BCUT2D eigenvalue weighted by Gasteiger charge is 2.14. The lowest BCUT2D eigenvalue weighted by Crippen LogP contribution is -2.02. The molecule has 0 aromatic heterocycles. The fourth-order valence-corrected chi connectivity index (χ4v) is 2.09. The average Bonchev–Trinajstić information content (AvgIpc) is 2.41. The molecular formula is C15H15ClO2. The highest BCUT2D eigenvalue weighted by molar-refractivity contribution is 6.31. The van der Waals surface area contributed by atoms with E-state index < -0.39 is 6.10 Å². The molecule has 2 nitrogen and oxygen atoms in total. The van der Waals surface area contributed by atoms with Gasteiger partial charge in [-0.3, -0.25) is 0 Å². The van der Waals surface area contributed by atoms with Crippen LogP contribution in [0.5, 0.6) is 5.75 Å². The van der Waals surface area contributed by atoms with E-state index in [1.54, 1.807) is 7.11 Å². The first-order valence-electron chi connectivity index (χ1n) is 5.70. The van der Waals surface area contributed by atoms with Gasteiger partial charge in [0.05, 0.1) is 7.11 Å². The van der Waals surface area contributed by atoms with Crippen LogP contribution in [0, 0.1) is 6.92 Å². The molecule has 1 N–H and O–H groups in total. The van der Waals surface area contributed by atoms with Crippen LogP contribution in [0.3, 0.4) is 0 Å². The summed E-state index contributed by atoms with van der Waals surface area (Å²) in [6.45, 7) is 1.90. The molecule has 0 saturated heterocycles. The summed E-state index contributed by atoms with van der Waals surface area (Å²) in [5, 5.41) is 11.1. The fraction of sp³-hybridized carbons (Fsp3) is 0.200. The summed E-state index contributed by atoms with van der Waals surface area (Å²) in [6, 6.07) is 12.9. The monoisotopic (exact) mass is 262 g/mol. The highest BCUT2D eigenvalue weighted by Crippen LogP contribution is 2.30. The molecule has 3 heteroatoms. The third-order valence-corrected chi connectivity index (χ3v) is 3.42. The molecule has 0 aliphatic carbocycles. The molecule has 0 bridgehead atoms. The van der Waals surface area contributed by atoms with Crippen molar-refractivity contribution in [1.29, 1.82) is 0 Å². The van der Waals surface area contributed by atoms with E-state index in [0.29, 0.717) is 5.02 Å². The number of ether oxygens (including phenoxy) is 1. The number of halogens is 1. The summed E-state index contributed by atoms with van der Waals surface area (Å²) in [6.07, 6.45) is -0.696. The first kappa shape index (κ1) is 12.9. The Morgan fingerprint density at radius 2 is 1.89 bits per heavy atom. The van der Waals surface area contributed by atoms with Gasteiger partial charge >= 0.3 is 0 Å². The first-order valence-corrected chi connectivity index (χ1v) is 6.08. The van der Waals surface area contributed by atoms with Crippen LogP contribution < -0.4 is 4.74 Å². The topological polar surface area (TPSA) is 29.5 Å². The van der Waals surface area contributed by atoms with Crippen molar-refractivity contribution in [2.45, 2.75) is 13.0 Å². The molecule has 0 spiro atoms. The molecule has 2 aromatic carbocycles. The number of methoxy groups -OCH3 is 1. The lowest BCUT2D eigenvalue weighted by Gasteiger charge is -2.15. The molecule has 0 amide bonds. The number of rotatable bonds is 3. The maximum atomic E-state index is 10.4. The van der Waals surface area contributed by atoms with Gasteiger partial charge in [0, 0.05) is 5.02 Å². The van der Waals surface area contributed by atoms with Gasteiger partial charge in [0.1, 0.15) is 11.9 Å². The number of aliphatic hydroxyl groups excluding tert-OH is 1. The van der Waals surface area contributed by atoms with Crippen molar-refractivity contribution in [3.8, 4) is 5.75 Å². The van der Waals surface area contributed by atoms with Gasteiger partial charge in [-0.05, 0) is 41.8 Å². The van der Waals surface area contributed by atoms with Crippen molar-refractivity contribution >= 4 is 11.6 Å². The van der Waals surface area contributed by atoms with Gasteiger partial charge in [-0.25, -0.2) is 0 Å². The SMILES string of the molecule is COc1cccc(C(O)c2cccc(Cl)c2C)c1. The maximum absolute atomic E-state index is 10.4. The van der Waals surface area contributed by atoms with Crippen molar-refractivity contribution in [1.82, 2.24) is 0 Å². The molecule has 1 atom stereocenters. The van der Waals surface area contributed by atoms with E-state index in [-0.39, 0.29) is 0 Å². The highest BCUT2D eigenvalue weighted by atomic mass is 35.5. The van der Waals surface area contributed by atoms with E-state index in [1.165, 1.54) is 0 Å². The van der Waals surface area contributed by atoms with Gasteiger partial charge in [-0.2, -0.15) is 0 Å². The Morgan fingerprint density at radius 3 is 2.61 bits per heavy atom. The number of hydrogen-bond donors (Lipinski definition) is 1. The maximum Gasteiger partial charge on any atom is 0.119 e. The summed E-state index contributed by atoms with van der Waals surface area (Å²) in [5.41, 5.74) is 2.50. The van der Waals surface area contributed by atoms with Crippen LogP contribution in [0.15, 0.2) is 42.5 Å². The van der Waals surface area contributed by atoms with E-state index in [4.69, 9.17) is 16.3 Å². The third kappa shape index (κ3) is 2.50. The van der Waals surface area contributed by atoms with Crippen molar-refractivity contribution in [2.24, 2.45) is 0 Å². The van der Waals surface area contributed by atoms with E-state index in [9.17, 15) is 5.11 Å². The van der Waals surface area contributed by atoms with Gasteiger partial charge < -0.3 is 9.84 Å². The Kier molecular flexibility index (Phi) is 3.90. The smallest absolute Gasteiger partial charge is 0.119 e. The van der Waals surface area contributed by atoms with Gasteiger partial charge in [-0.1, -0.05) is 35.9 Å². The zero-order valence-electron chi connectivity index (χ0n) is 10.4. The van der Waals surface area contributed by atoms with E-state index in [0.717, 1.165) is 22.4 Å². The van der Waals surface area contributed by atoms with Crippen LogP contribution in [0.25, 0.3) is 0 Å². The Morgan fingerprint density at radius 1 is 1.17 bits per heavy atom. The zero-order valence-corrected chi connectivity index (χ0v) is 11.1. The van der Waals surface area contributed by atoms with Gasteiger partial charge in [-0.15, -0.1) is 0 Å². The van der Waals surface area contributed by atoms with Crippen LogP contribution in [0.4, 0.5) is 0 Å². The number of aliphatic hydroxyl groups is 1. The molecule has 94 valence electrons. The third-order valence-electron chi connectivity index (χ3n) is 3.01. The zero-order chi connectivity index (χ0) is 13.1. The van der Waals surface area contributed by atoms with Crippen molar-refractivity contribution in [3.63, 3.8) is 0 Å². The molecule has 2 rings (SSSR count). The van der Waals surface area contributed by atoms with Gasteiger partial charge in [0.15, 0.2) is 0 Å². The molecule has 2 aromatic rings. The van der Waals surface area contributed by atoms with E-state index in [2.05, 4.69) is 0 Å². The van der Waals surface area contributed by atoms with Crippen LogP contribution in [-0.2, 0) is 0 Å². The van der Waals surface area contributed by atoms with Crippen molar-refractivity contribution in [2.75, 3.05) is 7.11 Å². The Hall–Kier alpha value is -1.51. The van der Waals surface area contributed by atoms with E-state index in [1.807, 2.05) is 49.4 Å². The second-order valence-corrected chi connectivity index (χ2v) is 4.54. The molecule has 0 saturated carbocycles. The van der Waals surface area contributed by atoms with Crippen molar-refractivity contribution < 1.29 is 9.84 Å². The van der Waals surface area contributed by atoms with Gasteiger partial charge in [0.25, 0.3) is 0 Å². The summed E-state index contributed by atoms with van der Waals surface area (Å²) in [5.74, 6) is 0.728. The summed E-state index contributed by atoms with van der Waals surface area (Å²) >= 11 is 6.07. The minimum Gasteiger partial charge on any atom is -0.497 e. The Bertz CT molecular complexity index is 552. The predicted molar refractivity (Wildman–Crippen MR) is 73.2 cm³/mol. The van der Waals surface area contributed by atoms with Crippen LogP contribution in [0.1, 0.15) is 22.8 Å². The van der Waals surface area contributed by atoms with Crippen LogP contribution in [-0.4, -0.2) is 12.2 Å². The lowest BCUT2D eigenvalue weighted by molar-refractivity contribution is 0.219. The molecule has 18 heavy (non-hydrogen) atoms. The quantitative estimate of drug-likeness (QED) is 0.913. The second kappa shape index (κ2) is 5.42. The first-order chi connectivity index (χ1) is 8.63. The number of benzene rings is 2. The fourth-order valence-electron chi connectivity index (χ4n) is 1.91. The molecule has 0 heterocycles. The largest absolute Gasteiger partial charge is 0.497 e. The molecule has 0 radical (unpaired) electrons. The van der Waals surface area contributed by atoms with E-state index >= 15 is 0 Å². The van der Waals surface area contributed by atoms with Crippen LogP contribution >= 0.6 is 11.6 Å². The Labute approximate surface area is 112 Å². The molecular weight excluding hydrogens is 248 g/mol. The minimum absolute atomic E-state index is 0.662. The molecule has 0 aliphatic rings. The lowest BCUT2D eigenvalue weighted by atomic mass is 9.97. The summed E-state index contributed by atoms with van der Waals surface area (Å²) < 4.78 is 5.16. The molecule has 0 fully saturated rings. The minimum atomic E-state index is -0.696. The molecule has 1 unspecified atom stereocenters. The standard InChI is InChI=1S/C15H15ClO2/c1-10-13(7-4-8-14(10)16)15(17)11-5-3-6-12(9-11)18-2/h3-9,15,17H,1-2H3. The number of hydrogen-bond acceptors (Lipinski definition) is 2. The normalized spacial score (nSPS) is 12.2.